The molecule has 190 valence electrons. The average Bonchev–Trinajstić information content (AvgIpc) is 3.25. The number of hydrogen-bond acceptors (Lipinski definition) is 5. The molecule has 15 heteroatoms. The number of nitriles is 1. The van der Waals surface area contributed by atoms with Crippen LogP contribution in [0, 0.1) is 11.3 Å². The third kappa shape index (κ3) is 5.03. The highest BCUT2D eigenvalue weighted by Crippen LogP contribution is 2.42. The first-order valence-corrected chi connectivity index (χ1v) is 11.6. The van der Waals surface area contributed by atoms with Crippen molar-refractivity contribution in [1.29, 1.82) is 5.26 Å². The summed E-state index contributed by atoms with van der Waals surface area (Å²) >= 11 is 8.64. The summed E-state index contributed by atoms with van der Waals surface area (Å²) in [4.78, 5) is 12.6. The smallest absolute Gasteiger partial charge is 0.412 e. The summed E-state index contributed by atoms with van der Waals surface area (Å²) in [7, 11) is 1.12. The summed E-state index contributed by atoms with van der Waals surface area (Å²) in [6.45, 7) is 0. The molecule has 1 aliphatic rings. The number of carbonyl (C=O) groups is 1. The SMILES string of the molecule is Cn1nc(OC(F)(F)CBr)c(C(F)(F)F)c1-n1cc(-c2ccc(Cl)c(C(=O)NC3(C#N)CC3)c2)cn1. The second-order valence-electron chi connectivity index (χ2n) is 8.01. The first-order chi connectivity index (χ1) is 16.8. The summed E-state index contributed by atoms with van der Waals surface area (Å²) < 4.78 is 74.7. The fourth-order valence-corrected chi connectivity index (χ4v) is 3.70. The Hall–Kier alpha value is -3.18. The van der Waals surface area contributed by atoms with Gasteiger partial charge in [0.05, 0.1) is 22.9 Å². The Kier molecular flexibility index (Phi) is 6.50. The van der Waals surface area contributed by atoms with E-state index in [-0.39, 0.29) is 10.6 Å². The summed E-state index contributed by atoms with van der Waals surface area (Å²) in [6.07, 6.45) is -5.58. The van der Waals surface area contributed by atoms with Gasteiger partial charge in [0.1, 0.15) is 10.9 Å². The highest BCUT2D eigenvalue weighted by molar-refractivity contribution is 9.09. The molecule has 8 nitrogen and oxygen atoms in total. The van der Waals surface area contributed by atoms with Crippen LogP contribution in [0.15, 0.2) is 30.6 Å². The molecule has 2 heterocycles. The van der Waals surface area contributed by atoms with Crippen LogP contribution in [0.4, 0.5) is 22.0 Å². The minimum absolute atomic E-state index is 0.0626. The monoisotopic (exact) mass is 592 g/mol. The molecule has 1 saturated carbocycles. The van der Waals surface area contributed by atoms with Gasteiger partial charge in [-0.05, 0) is 30.5 Å². The van der Waals surface area contributed by atoms with Gasteiger partial charge in [-0.3, -0.25) is 4.79 Å². The van der Waals surface area contributed by atoms with Gasteiger partial charge in [0, 0.05) is 18.8 Å². The van der Waals surface area contributed by atoms with Gasteiger partial charge >= 0.3 is 12.3 Å². The molecule has 0 atom stereocenters. The van der Waals surface area contributed by atoms with Gasteiger partial charge in [-0.2, -0.15) is 32.3 Å². The lowest BCUT2D eigenvalue weighted by Crippen LogP contribution is -2.35. The van der Waals surface area contributed by atoms with E-state index in [0.717, 1.165) is 16.4 Å². The first-order valence-electron chi connectivity index (χ1n) is 10.1. The van der Waals surface area contributed by atoms with Crippen molar-refractivity contribution in [2.24, 2.45) is 7.05 Å². The minimum atomic E-state index is -5.10. The molecule has 1 fully saturated rings. The second-order valence-corrected chi connectivity index (χ2v) is 8.98. The standard InChI is InChI=1S/C21H15BrClF5N6O2/c1-33-18(15(21(26,27)28)17(32-33)36-20(24,25)9-22)34-8-12(7-30-34)11-2-3-14(23)13(6-11)16(35)31-19(10-29)4-5-19/h2-3,6-8H,4-5,9H2,1H3,(H,31,35). The van der Waals surface area contributed by atoms with E-state index >= 15 is 0 Å². The number of aromatic nitrogens is 4. The molecule has 0 radical (unpaired) electrons. The van der Waals surface area contributed by atoms with E-state index in [9.17, 15) is 32.0 Å². The number of amides is 1. The normalized spacial score (nSPS) is 14.9. The van der Waals surface area contributed by atoms with Crippen molar-refractivity contribution in [3.8, 4) is 28.9 Å². The van der Waals surface area contributed by atoms with Crippen LogP contribution in [-0.4, -0.2) is 42.4 Å². The highest BCUT2D eigenvalue weighted by Gasteiger charge is 2.46. The lowest BCUT2D eigenvalue weighted by atomic mass is 10.1. The number of hydrogen-bond donors (Lipinski definition) is 1. The zero-order chi connectivity index (χ0) is 26.5. The number of nitrogens with zero attached hydrogens (tertiary/aromatic N) is 5. The fraction of sp³-hybridized carbons (Fsp3) is 0.333. The van der Waals surface area contributed by atoms with Gasteiger partial charge in [-0.15, -0.1) is 5.10 Å². The number of nitrogens with one attached hydrogen (secondary N) is 1. The lowest BCUT2D eigenvalue weighted by Gasteiger charge is -2.15. The van der Waals surface area contributed by atoms with Crippen LogP contribution in [0.1, 0.15) is 28.8 Å². The van der Waals surface area contributed by atoms with E-state index in [1.807, 2.05) is 6.07 Å². The predicted molar refractivity (Wildman–Crippen MR) is 120 cm³/mol. The van der Waals surface area contributed by atoms with Crippen LogP contribution < -0.4 is 10.1 Å². The Labute approximate surface area is 213 Å². The Bertz CT molecular complexity index is 1380. The molecule has 4 rings (SSSR count). The molecule has 0 spiro atoms. The Morgan fingerprint density at radius 2 is 2.00 bits per heavy atom. The molecule has 1 aliphatic carbocycles. The van der Waals surface area contributed by atoms with Crippen molar-refractivity contribution >= 4 is 33.4 Å². The van der Waals surface area contributed by atoms with Crippen molar-refractivity contribution < 1.29 is 31.5 Å². The molecular weight excluding hydrogens is 579 g/mol. The number of aryl methyl sites for hydroxylation is 1. The quantitative estimate of drug-likeness (QED) is 0.304. The molecule has 0 bridgehead atoms. The zero-order valence-corrected chi connectivity index (χ0v) is 20.5. The maximum Gasteiger partial charge on any atom is 0.425 e. The van der Waals surface area contributed by atoms with E-state index in [4.69, 9.17) is 11.6 Å². The van der Waals surface area contributed by atoms with Gasteiger partial charge in [0.15, 0.2) is 11.4 Å². The van der Waals surface area contributed by atoms with Crippen LogP contribution in [0.3, 0.4) is 0 Å². The Morgan fingerprint density at radius 1 is 1.31 bits per heavy atom. The average molecular weight is 594 g/mol. The molecule has 3 aromatic rings. The maximum absolute atomic E-state index is 13.9. The number of carbonyl (C=O) groups excluding carboxylic acids is 1. The van der Waals surface area contributed by atoms with Crippen molar-refractivity contribution in [3.63, 3.8) is 0 Å². The molecular formula is C21H15BrClF5N6O2. The maximum atomic E-state index is 13.9. The number of ether oxygens (including phenoxy) is 1. The van der Waals surface area contributed by atoms with Crippen molar-refractivity contribution in [2.45, 2.75) is 30.7 Å². The number of alkyl halides is 6. The summed E-state index contributed by atoms with van der Waals surface area (Å²) in [5.74, 6) is -2.54. The number of rotatable bonds is 7. The van der Waals surface area contributed by atoms with Gasteiger partial charge < -0.3 is 10.1 Å². The zero-order valence-electron chi connectivity index (χ0n) is 18.2. The van der Waals surface area contributed by atoms with Gasteiger partial charge in [-0.25, -0.2) is 9.36 Å². The van der Waals surface area contributed by atoms with E-state index < -0.39 is 46.3 Å². The van der Waals surface area contributed by atoms with E-state index in [1.165, 1.54) is 30.6 Å². The largest absolute Gasteiger partial charge is 0.425 e. The Balaban J connectivity index is 1.71. The van der Waals surface area contributed by atoms with Crippen LogP contribution >= 0.6 is 27.5 Å². The molecule has 1 N–H and O–H groups in total. The second kappa shape index (κ2) is 9.04. The first kappa shape index (κ1) is 25.9. The summed E-state index contributed by atoms with van der Waals surface area (Å²) in [6, 6.07) is 6.39. The van der Waals surface area contributed by atoms with E-state index in [2.05, 4.69) is 36.2 Å². The highest BCUT2D eigenvalue weighted by atomic mass is 79.9. The van der Waals surface area contributed by atoms with Crippen molar-refractivity contribution in [1.82, 2.24) is 24.9 Å². The third-order valence-electron chi connectivity index (χ3n) is 5.33. The van der Waals surface area contributed by atoms with Crippen molar-refractivity contribution in [3.05, 3.63) is 46.7 Å². The number of benzene rings is 1. The predicted octanol–water partition coefficient (Wildman–Crippen LogP) is 5.10. The van der Waals surface area contributed by atoms with E-state index in [0.29, 0.717) is 24.0 Å². The topological polar surface area (TPSA) is 97.8 Å². The molecule has 36 heavy (non-hydrogen) atoms. The van der Waals surface area contributed by atoms with E-state index in [1.54, 1.807) is 0 Å². The molecule has 2 aromatic heterocycles. The molecule has 0 saturated heterocycles. The third-order valence-corrected chi connectivity index (χ3v) is 6.31. The molecule has 1 aromatic carbocycles. The van der Waals surface area contributed by atoms with Crippen LogP contribution in [-0.2, 0) is 13.2 Å². The van der Waals surface area contributed by atoms with Gasteiger partial charge in [0.2, 0.25) is 0 Å². The Morgan fingerprint density at radius 3 is 2.58 bits per heavy atom. The fourth-order valence-electron chi connectivity index (χ4n) is 3.38. The van der Waals surface area contributed by atoms with Crippen LogP contribution in [0.2, 0.25) is 5.02 Å². The van der Waals surface area contributed by atoms with Gasteiger partial charge in [-0.1, -0.05) is 33.6 Å². The molecule has 1 amide bonds. The lowest BCUT2D eigenvalue weighted by molar-refractivity contribution is -0.167. The molecule has 0 aliphatic heterocycles. The molecule has 0 unspecified atom stereocenters. The summed E-state index contributed by atoms with van der Waals surface area (Å²) in [5, 5.41) is 18.3. The minimum Gasteiger partial charge on any atom is -0.412 e. The van der Waals surface area contributed by atoms with Gasteiger partial charge in [0.25, 0.3) is 11.8 Å². The van der Waals surface area contributed by atoms with Crippen molar-refractivity contribution in [2.75, 3.05) is 5.33 Å². The number of halogens is 7. The van der Waals surface area contributed by atoms with Crippen LogP contribution in [0.25, 0.3) is 16.9 Å². The summed E-state index contributed by atoms with van der Waals surface area (Å²) in [5.41, 5.74) is -1.73. The van der Waals surface area contributed by atoms with Crippen LogP contribution in [0.5, 0.6) is 5.88 Å².